The molecule has 0 N–H and O–H groups in total. The van der Waals surface area contributed by atoms with Crippen LogP contribution in [0.3, 0.4) is 0 Å². The van der Waals surface area contributed by atoms with Gasteiger partial charge >= 0.3 is 11.9 Å². The molecule has 1 fully saturated rings. The minimum atomic E-state index is -0.485. The Kier molecular flexibility index (Phi) is 1.46. The summed E-state index contributed by atoms with van der Waals surface area (Å²) in [4.78, 5) is 21.7. The highest BCUT2D eigenvalue weighted by Gasteiger charge is 2.35. The maximum Gasteiger partial charge on any atom is 0.321 e. The summed E-state index contributed by atoms with van der Waals surface area (Å²) in [5, 5.41) is 0. The number of hydrogen-bond donors (Lipinski definition) is 0. The first-order chi connectivity index (χ1) is 5.77. The smallest absolute Gasteiger partial charge is 0.321 e. The fourth-order valence-electron chi connectivity index (χ4n) is 1.20. The van der Waals surface area contributed by atoms with Crippen LogP contribution in [0.1, 0.15) is 17.9 Å². The second-order valence-corrected chi connectivity index (χ2v) is 2.61. The van der Waals surface area contributed by atoms with Gasteiger partial charge in [0.2, 0.25) is 0 Å². The van der Waals surface area contributed by atoms with Crippen LogP contribution in [-0.4, -0.2) is 11.9 Å². The minimum absolute atomic E-state index is 0.123. The molecule has 0 bridgehead atoms. The summed E-state index contributed by atoms with van der Waals surface area (Å²) in [5.74, 6) is -1.41. The van der Waals surface area contributed by atoms with Crippen LogP contribution >= 0.6 is 0 Å². The number of furan rings is 1. The molecule has 0 spiro atoms. The summed E-state index contributed by atoms with van der Waals surface area (Å²) in [7, 11) is 0. The largest absolute Gasteiger partial charge is 0.472 e. The van der Waals surface area contributed by atoms with Crippen LogP contribution < -0.4 is 0 Å². The summed E-state index contributed by atoms with van der Waals surface area (Å²) in [6, 6.07) is 1.66. The topological polar surface area (TPSA) is 56.5 Å². The summed E-state index contributed by atoms with van der Waals surface area (Å²) in [5.41, 5.74) is 0.700. The summed E-state index contributed by atoms with van der Waals surface area (Å²) in [6.45, 7) is 0. The fraction of sp³-hybridized carbons (Fsp3) is 0.250. The maximum atomic E-state index is 11.0. The maximum absolute atomic E-state index is 11.0. The summed E-state index contributed by atoms with van der Waals surface area (Å²) in [6.07, 6.45) is 3.04. The van der Waals surface area contributed by atoms with Gasteiger partial charge in [0.05, 0.1) is 24.9 Å². The average molecular weight is 166 g/mol. The normalized spacial score (nSPS) is 22.8. The molecular formula is C8H6O4. The SMILES string of the molecule is O=C1CC(c2ccoc2)C(=O)O1. The first-order valence-electron chi connectivity index (χ1n) is 3.54. The van der Waals surface area contributed by atoms with Crippen molar-refractivity contribution < 1.29 is 18.7 Å². The lowest BCUT2D eigenvalue weighted by Gasteiger charge is -1.96. The molecule has 1 saturated heterocycles. The number of rotatable bonds is 1. The molecule has 0 aromatic carbocycles. The molecule has 1 aliphatic rings. The molecule has 1 aromatic heterocycles. The molecule has 2 heterocycles. The van der Waals surface area contributed by atoms with E-state index in [0.717, 1.165) is 0 Å². The van der Waals surface area contributed by atoms with Crippen LogP contribution in [0.25, 0.3) is 0 Å². The highest BCUT2D eigenvalue weighted by atomic mass is 16.6. The van der Waals surface area contributed by atoms with Crippen molar-refractivity contribution in [2.45, 2.75) is 12.3 Å². The monoisotopic (exact) mass is 166 g/mol. The second-order valence-electron chi connectivity index (χ2n) is 2.61. The van der Waals surface area contributed by atoms with Crippen LogP contribution in [0.2, 0.25) is 0 Å². The van der Waals surface area contributed by atoms with Crippen molar-refractivity contribution in [3.63, 3.8) is 0 Å². The average Bonchev–Trinajstić information content (AvgIpc) is 2.58. The van der Waals surface area contributed by atoms with Crippen LogP contribution in [0.4, 0.5) is 0 Å². The van der Waals surface area contributed by atoms with Crippen molar-refractivity contribution in [3.05, 3.63) is 24.2 Å². The van der Waals surface area contributed by atoms with Crippen LogP contribution in [0.5, 0.6) is 0 Å². The molecule has 4 nitrogen and oxygen atoms in total. The van der Waals surface area contributed by atoms with E-state index in [4.69, 9.17) is 4.42 Å². The van der Waals surface area contributed by atoms with E-state index in [-0.39, 0.29) is 6.42 Å². The van der Waals surface area contributed by atoms with Gasteiger partial charge in [0, 0.05) is 5.56 Å². The minimum Gasteiger partial charge on any atom is -0.472 e. The van der Waals surface area contributed by atoms with Gasteiger partial charge in [-0.3, -0.25) is 9.59 Å². The van der Waals surface area contributed by atoms with Crippen molar-refractivity contribution in [3.8, 4) is 0 Å². The lowest BCUT2D eigenvalue weighted by molar-refractivity contribution is -0.152. The van der Waals surface area contributed by atoms with E-state index in [0.29, 0.717) is 5.56 Å². The molecule has 1 aliphatic heterocycles. The van der Waals surface area contributed by atoms with Crippen molar-refractivity contribution in [2.75, 3.05) is 0 Å². The van der Waals surface area contributed by atoms with Crippen LogP contribution in [0.15, 0.2) is 23.0 Å². The van der Waals surface area contributed by atoms with Crippen LogP contribution in [-0.2, 0) is 14.3 Å². The van der Waals surface area contributed by atoms with Gasteiger partial charge in [-0.25, -0.2) is 0 Å². The Morgan fingerprint density at radius 3 is 2.75 bits per heavy atom. The number of cyclic esters (lactones) is 2. The molecule has 0 amide bonds. The number of carbonyl (C=O) groups excluding carboxylic acids is 2. The molecule has 2 rings (SSSR count). The first-order valence-corrected chi connectivity index (χ1v) is 3.54. The molecule has 4 heteroatoms. The van der Waals surface area contributed by atoms with E-state index in [2.05, 4.69) is 4.74 Å². The Morgan fingerprint density at radius 1 is 1.42 bits per heavy atom. The Hall–Kier alpha value is -1.58. The fourth-order valence-corrected chi connectivity index (χ4v) is 1.20. The third-order valence-corrected chi connectivity index (χ3v) is 1.82. The van der Waals surface area contributed by atoms with Gasteiger partial charge in [-0.15, -0.1) is 0 Å². The zero-order valence-electron chi connectivity index (χ0n) is 6.15. The second kappa shape index (κ2) is 2.48. The summed E-state index contributed by atoms with van der Waals surface area (Å²) >= 11 is 0. The number of ether oxygens (including phenoxy) is 1. The highest BCUT2D eigenvalue weighted by Crippen LogP contribution is 2.27. The Morgan fingerprint density at radius 2 is 2.25 bits per heavy atom. The van der Waals surface area contributed by atoms with E-state index in [1.165, 1.54) is 12.5 Å². The van der Waals surface area contributed by atoms with E-state index in [1.807, 2.05) is 0 Å². The lowest BCUT2D eigenvalue weighted by Crippen LogP contribution is -2.04. The van der Waals surface area contributed by atoms with E-state index >= 15 is 0 Å². The standard InChI is InChI=1S/C8H6O4/c9-7-3-6(8(10)12-7)5-1-2-11-4-5/h1-2,4,6H,3H2. The zero-order valence-corrected chi connectivity index (χ0v) is 6.15. The molecule has 1 atom stereocenters. The molecule has 0 aliphatic carbocycles. The van der Waals surface area contributed by atoms with Gasteiger partial charge < -0.3 is 9.15 Å². The van der Waals surface area contributed by atoms with E-state index < -0.39 is 17.9 Å². The van der Waals surface area contributed by atoms with Gasteiger partial charge in [0.25, 0.3) is 0 Å². The predicted octanol–water partition coefficient (Wildman–Crippen LogP) is 0.837. The van der Waals surface area contributed by atoms with Crippen molar-refractivity contribution in [1.29, 1.82) is 0 Å². The molecule has 62 valence electrons. The molecule has 1 aromatic rings. The van der Waals surface area contributed by atoms with Crippen molar-refractivity contribution >= 4 is 11.9 Å². The molecular weight excluding hydrogens is 160 g/mol. The third kappa shape index (κ3) is 1.01. The number of hydrogen-bond acceptors (Lipinski definition) is 4. The zero-order chi connectivity index (χ0) is 8.55. The Balaban J connectivity index is 2.26. The summed E-state index contributed by atoms with van der Waals surface area (Å²) < 4.78 is 9.17. The van der Waals surface area contributed by atoms with Gasteiger partial charge in [-0.2, -0.15) is 0 Å². The van der Waals surface area contributed by atoms with Crippen molar-refractivity contribution in [1.82, 2.24) is 0 Å². The van der Waals surface area contributed by atoms with Gasteiger partial charge in [0.1, 0.15) is 0 Å². The van der Waals surface area contributed by atoms with Gasteiger partial charge in [-0.05, 0) is 6.07 Å². The predicted molar refractivity (Wildman–Crippen MR) is 37.2 cm³/mol. The highest BCUT2D eigenvalue weighted by molar-refractivity contribution is 5.97. The molecule has 12 heavy (non-hydrogen) atoms. The number of esters is 2. The van der Waals surface area contributed by atoms with Crippen molar-refractivity contribution in [2.24, 2.45) is 0 Å². The van der Waals surface area contributed by atoms with Crippen LogP contribution in [0, 0.1) is 0 Å². The molecule has 1 unspecified atom stereocenters. The lowest BCUT2D eigenvalue weighted by atomic mass is 10.0. The Labute approximate surface area is 68.1 Å². The molecule has 0 saturated carbocycles. The van der Waals surface area contributed by atoms with E-state index in [9.17, 15) is 9.59 Å². The quantitative estimate of drug-likeness (QED) is 0.458. The van der Waals surface area contributed by atoms with Gasteiger partial charge in [-0.1, -0.05) is 0 Å². The molecule has 0 radical (unpaired) electrons. The van der Waals surface area contributed by atoms with Gasteiger partial charge in [0.15, 0.2) is 0 Å². The Bertz CT molecular complexity index is 312. The third-order valence-electron chi connectivity index (χ3n) is 1.82. The number of carbonyl (C=O) groups is 2. The first kappa shape index (κ1) is 7.09. The van der Waals surface area contributed by atoms with E-state index in [1.54, 1.807) is 6.07 Å².